The maximum absolute atomic E-state index is 12.6. The molecule has 3 rings (SSSR count). The molecule has 7 heteroatoms. The maximum Gasteiger partial charge on any atom is 0.416 e. The zero-order valence-corrected chi connectivity index (χ0v) is 13.4. The SMILES string of the molecule is Cc1nc2cc(-c3ccc(C(F)(F)F)cc3)[nH]n2c(=O)c1C(C)C. The number of hydrogen-bond acceptors (Lipinski definition) is 2. The lowest BCUT2D eigenvalue weighted by Gasteiger charge is -2.07. The Bertz CT molecular complexity index is 950. The van der Waals surface area contributed by atoms with Crippen LogP contribution in [0.25, 0.3) is 16.9 Å². The van der Waals surface area contributed by atoms with Gasteiger partial charge in [0.2, 0.25) is 0 Å². The summed E-state index contributed by atoms with van der Waals surface area (Å²) in [7, 11) is 0. The highest BCUT2D eigenvalue weighted by atomic mass is 19.4. The number of fused-ring (bicyclic) bond motifs is 1. The minimum Gasteiger partial charge on any atom is -0.289 e. The molecule has 0 aliphatic carbocycles. The summed E-state index contributed by atoms with van der Waals surface area (Å²) in [5, 5.41) is 2.92. The van der Waals surface area contributed by atoms with Crippen LogP contribution in [0.5, 0.6) is 0 Å². The van der Waals surface area contributed by atoms with E-state index in [4.69, 9.17) is 0 Å². The van der Waals surface area contributed by atoms with Crippen molar-refractivity contribution in [3.8, 4) is 11.3 Å². The molecule has 4 nitrogen and oxygen atoms in total. The highest BCUT2D eigenvalue weighted by Gasteiger charge is 2.30. The summed E-state index contributed by atoms with van der Waals surface area (Å²) in [4.78, 5) is 17.0. The molecule has 2 aromatic heterocycles. The first-order valence-corrected chi connectivity index (χ1v) is 7.48. The summed E-state index contributed by atoms with van der Waals surface area (Å²) in [5.41, 5.74) is 1.91. The molecule has 3 aromatic rings. The molecule has 0 saturated carbocycles. The van der Waals surface area contributed by atoms with Crippen LogP contribution in [-0.2, 0) is 6.18 Å². The number of hydrogen-bond donors (Lipinski definition) is 1. The molecule has 0 spiro atoms. The van der Waals surface area contributed by atoms with Crippen molar-refractivity contribution in [2.24, 2.45) is 0 Å². The van der Waals surface area contributed by atoms with Crippen molar-refractivity contribution in [1.82, 2.24) is 14.6 Å². The lowest BCUT2D eigenvalue weighted by atomic mass is 10.0. The first kappa shape index (κ1) is 16.3. The highest BCUT2D eigenvalue weighted by Crippen LogP contribution is 2.30. The molecule has 0 amide bonds. The van der Waals surface area contributed by atoms with Crippen molar-refractivity contribution in [3.05, 3.63) is 57.5 Å². The predicted molar refractivity (Wildman–Crippen MR) is 85.1 cm³/mol. The van der Waals surface area contributed by atoms with Gasteiger partial charge in [-0.1, -0.05) is 26.0 Å². The molecule has 0 aliphatic heterocycles. The van der Waals surface area contributed by atoms with Crippen LogP contribution in [0.3, 0.4) is 0 Å². The second-order valence-corrected chi connectivity index (χ2v) is 6.01. The number of H-pyrrole nitrogens is 1. The van der Waals surface area contributed by atoms with Crippen molar-refractivity contribution in [2.75, 3.05) is 0 Å². The van der Waals surface area contributed by atoms with E-state index in [-0.39, 0.29) is 11.5 Å². The van der Waals surface area contributed by atoms with Crippen LogP contribution >= 0.6 is 0 Å². The van der Waals surface area contributed by atoms with Crippen molar-refractivity contribution in [2.45, 2.75) is 32.9 Å². The van der Waals surface area contributed by atoms with Crippen LogP contribution < -0.4 is 5.56 Å². The third kappa shape index (κ3) is 2.70. The molecule has 1 aromatic carbocycles. The number of halogens is 3. The fourth-order valence-electron chi connectivity index (χ4n) is 2.80. The van der Waals surface area contributed by atoms with E-state index in [1.54, 1.807) is 13.0 Å². The highest BCUT2D eigenvalue weighted by molar-refractivity contribution is 5.64. The van der Waals surface area contributed by atoms with Gasteiger partial charge in [-0.15, -0.1) is 0 Å². The van der Waals surface area contributed by atoms with Crippen molar-refractivity contribution >= 4 is 5.65 Å². The minimum absolute atomic E-state index is 0.0275. The molecule has 0 radical (unpaired) electrons. The van der Waals surface area contributed by atoms with Crippen LogP contribution in [0, 0.1) is 6.92 Å². The molecule has 2 heterocycles. The Morgan fingerprint density at radius 3 is 2.33 bits per heavy atom. The summed E-state index contributed by atoms with van der Waals surface area (Å²) in [6, 6.07) is 6.42. The Morgan fingerprint density at radius 1 is 1.17 bits per heavy atom. The zero-order valence-electron chi connectivity index (χ0n) is 13.4. The molecule has 0 unspecified atom stereocenters. The first-order chi connectivity index (χ1) is 11.2. The maximum atomic E-state index is 12.6. The molecule has 0 aliphatic rings. The van der Waals surface area contributed by atoms with Crippen molar-refractivity contribution in [3.63, 3.8) is 0 Å². The van der Waals surface area contributed by atoms with Gasteiger partial charge in [-0.05, 0) is 30.5 Å². The molecule has 1 N–H and O–H groups in total. The molecule has 24 heavy (non-hydrogen) atoms. The van der Waals surface area contributed by atoms with E-state index in [9.17, 15) is 18.0 Å². The average Bonchev–Trinajstić information content (AvgIpc) is 2.90. The van der Waals surface area contributed by atoms with Gasteiger partial charge >= 0.3 is 6.18 Å². The van der Waals surface area contributed by atoms with Gasteiger partial charge in [-0.3, -0.25) is 9.89 Å². The number of nitrogens with one attached hydrogen (secondary N) is 1. The van der Waals surface area contributed by atoms with E-state index in [1.807, 2.05) is 13.8 Å². The van der Waals surface area contributed by atoms with Gasteiger partial charge in [-0.25, -0.2) is 9.50 Å². The lowest BCUT2D eigenvalue weighted by Crippen LogP contribution is -2.22. The number of aromatic amines is 1. The summed E-state index contributed by atoms with van der Waals surface area (Å²) in [6.45, 7) is 5.61. The fourth-order valence-corrected chi connectivity index (χ4v) is 2.80. The number of aromatic nitrogens is 3. The van der Waals surface area contributed by atoms with Crippen LogP contribution in [0.2, 0.25) is 0 Å². The Hall–Kier alpha value is -2.57. The van der Waals surface area contributed by atoms with Gasteiger partial charge < -0.3 is 0 Å². The normalized spacial score (nSPS) is 12.3. The Morgan fingerprint density at radius 2 is 1.79 bits per heavy atom. The quantitative estimate of drug-likeness (QED) is 0.765. The standard InChI is InChI=1S/C17H16F3N3O/c1-9(2)15-10(3)21-14-8-13(22-23(14)16(15)24)11-4-6-12(7-5-11)17(18,19)20/h4-9,22H,1-3H3. The monoisotopic (exact) mass is 335 g/mol. The number of alkyl halides is 3. The van der Waals surface area contributed by atoms with Gasteiger partial charge in [0, 0.05) is 17.3 Å². The van der Waals surface area contributed by atoms with Crippen molar-refractivity contribution < 1.29 is 13.2 Å². The number of rotatable bonds is 2. The third-order valence-corrected chi connectivity index (χ3v) is 3.94. The van der Waals surface area contributed by atoms with E-state index in [0.29, 0.717) is 28.2 Å². The predicted octanol–water partition coefficient (Wildman–Crippen LogP) is 4.14. The van der Waals surface area contributed by atoms with Crippen LogP contribution in [0.1, 0.15) is 36.6 Å². The number of nitrogens with zero attached hydrogens (tertiary/aromatic N) is 2. The molecule has 0 atom stereocenters. The topological polar surface area (TPSA) is 50.2 Å². The summed E-state index contributed by atoms with van der Waals surface area (Å²) < 4.78 is 39.3. The van der Waals surface area contributed by atoms with Crippen LogP contribution in [-0.4, -0.2) is 14.6 Å². The second-order valence-electron chi connectivity index (χ2n) is 6.01. The largest absolute Gasteiger partial charge is 0.416 e. The van der Waals surface area contributed by atoms with Crippen LogP contribution in [0.4, 0.5) is 13.2 Å². The van der Waals surface area contributed by atoms with Gasteiger partial charge in [0.15, 0.2) is 5.65 Å². The van der Waals surface area contributed by atoms with Gasteiger partial charge in [0.05, 0.1) is 11.3 Å². The Labute approximate surface area is 135 Å². The van der Waals surface area contributed by atoms with E-state index in [2.05, 4.69) is 10.1 Å². The zero-order chi connectivity index (χ0) is 17.6. The molecule has 126 valence electrons. The number of aryl methyl sites for hydroxylation is 1. The fraction of sp³-hybridized carbons (Fsp3) is 0.294. The van der Waals surface area contributed by atoms with Gasteiger partial charge in [0.25, 0.3) is 5.56 Å². The summed E-state index contributed by atoms with van der Waals surface area (Å²) in [5.74, 6) is 0.0275. The molecular weight excluding hydrogens is 319 g/mol. The average molecular weight is 335 g/mol. The number of benzene rings is 1. The summed E-state index contributed by atoms with van der Waals surface area (Å²) >= 11 is 0. The van der Waals surface area contributed by atoms with Crippen molar-refractivity contribution in [1.29, 1.82) is 0 Å². The molecule has 0 saturated heterocycles. The van der Waals surface area contributed by atoms with E-state index >= 15 is 0 Å². The third-order valence-electron chi connectivity index (χ3n) is 3.94. The smallest absolute Gasteiger partial charge is 0.289 e. The molecule has 0 bridgehead atoms. The van der Waals surface area contributed by atoms with E-state index in [0.717, 1.165) is 12.1 Å². The minimum atomic E-state index is -4.37. The summed E-state index contributed by atoms with van der Waals surface area (Å²) in [6.07, 6.45) is -4.37. The second kappa shape index (κ2) is 5.51. The van der Waals surface area contributed by atoms with Crippen LogP contribution in [0.15, 0.2) is 35.1 Å². The van der Waals surface area contributed by atoms with Gasteiger partial charge in [0.1, 0.15) is 0 Å². The lowest BCUT2D eigenvalue weighted by molar-refractivity contribution is -0.137. The van der Waals surface area contributed by atoms with Gasteiger partial charge in [-0.2, -0.15) is 13.2 Å². The Balaban J connectivity index is 2.12. The molecule has 0 fully saturated rings. The van der Waals surface area contributed by atoms with E-state index in [1.165, 1.54) is 16.6 Å². The first-order valence-electron chi connectivity index (χ1n) is 7.48. The molecular formula is C17H16F3N3O. The Kier molecular flexibility index (Phi) is 3.74. The van der Waals surface area contributed by atoms with E-state index < -0.39 is 11.7 Å².